The van der Waals surface area contributed by atoms with Crippen LogP contribution in [0.5, 0.6) is 0 Å². The first-order chi connectivity index (χ1) is 16.9. The van der Waals surface area contributed by atoms with Crippen LogP contribution in [0.3, 0.4) is 0 Å². The molecule has 2 fully saturated rings. The molecule has 2 unspecified atom stereocenters. The molecule has 12 nitrogen and oxygen atoms in total. The number of nitrogens with two attached hydrogens (primary N) is 1. The van der Waals surface area contributed by atoms with E-state index in [-0.39, 0.29) is 41.3 Å². The third kappa shape index (κ3) is 5.64. The summed E-state index contributed by atoms with van der Waals surface area (Å²) in [5, 5.41) is 7.95. The summed E-state index contributed by atoms with van der Waals surface area (Å²) in [6, 6.07) is -0.822. The number of β-lactam (4-membered cyclic amide) rings is 1. The van der Waals surface area contributed by atoms with E-state index in [0.29, 0.717) is 0 Å². The van der Waals surface area contributed by atoms with Gasteiger partial charge in [0.05, 0.1) is 5.41 Å². The van der Waals surface area contributed by atoms with Crippen molar-refractivity contribution < 1.29 is 33.5 Å². The average Bonchev–Trinajstić information content (AvgIpc) is 3.27. The van der Waals surface area contributed by atoms with Gasteiger partial charge in [-0.15, -0.1) is 29.7 Å². The lowest BCUT2D eigenvalue weighted by Gasteiger charge is -2.53. The number of anilines is 1. The Bertz CT molecular complexity index is 1080. The normalized spacial score (nSPS) is 23.7. The van der Waals surface area contributed by atoms with Crippen LogP contribution < -0.4 is 11.1 Å². The topological polar surface area (TPSA) is 163 Å². The number of nitrogen functional groups attached to an aromatic ring is 1. The van der Waals surface area contributed by atoms with Crippen molar-refractivity contribution in [2.45, 2.75) is 39.1 Å². The molecule has 2 saturated heterocycles. The molecule has 1 aromatic rings. The Morgan fingerprint density at radius 1 is 1.39 bits per heavy atom. The number of thioether (sulfide) groups is 1. The minimum atomic E-state index is -1.18. The lowest BCUT2D eigenvalue weighted by Crippen LogP contribution is -2.73. The number of aromatic nitrogens is 1. The first-order valence-electron chi connectivity index (χ1n) is 11.1. The molecular formula is C22H29N5O7S2. The van der Waals surface area contributed by atoms with E-state index < -0.39 is 46.9 Å². The molecule has 0 bridgehead atoms. The van der Waals surface area contributed by atoms with Crippen molar-refractivity contribution in [2.24, 2.45) is 16.0 Å². The van der Waals surface area contributed by atoms with Crippen LogP contribution in [0.25, 0.3) is 0 Å². The Morgan fingerprint density at radius 3 is 2.69 bits per heavy atom. The molecule has 2 aliphatic rings. The quantitative estimate of drug-likeness (QED) is 0.116. The average molecular weight is 540 g/mol. The molecule has 3 atom stereocenters. The van der Waals surface area contributed by atoms with E-state index >= 15 is 0 Å². The van der Waals surface area contributed by atoms with Gasteiger partial charge in [-0.05, 0) is 27.7 Å². The van der Waals surface area contributed by atoms with Crippen LogP contribution in [0, 0.1) is 10.8 Å². The molecule has 0 aromatic carbocycles. The van der Waals surface area contributed by atoms with E-state index in [9.17, 15) is 19.2 Å². The minimum Gasteiger partial charge on any atom is -0.427 e. The van der Waals surface area contributed by atoms with Gasteiger partial charge >= 0.3 is 11.9 Å². The van der Waals surface area contributed by atoms with Gasteiger partial charge in [0.1, 0.15) is 29.1 Å². The highest BCUT2D eigenvalue weighted by Gasteiger charge is 2.57. The Balaban J connectivity index is 1.62. The molecule has 3 rings (SSSR count). The van der Waals surface area contributed by atoms with E-state index in [0.717, 1.165) is 11.3 Å². The zero-order chi connectivity index (χ0) is 26.7. The molecule has 14 heteroatoms. The number of hydrogen-bond acceptors (Lipinski definition) is 12. The van der Waals surface area contributed by atoms with Gasteiger partial charge in [0.25, 0.3) is 5.91 Å². The fourth-order valence-corrected chi connectivity index (χ4v) is 5.44. The fourth-order valence-electron chi connectivity index (χ4n) is 3.36. The maximum absolute atomic E-state index is 12.9. The lowest BCUT2D eigenvalue weighted by atomic mass is 9.87. The van der Waals surface area contributed by atoms with Crippen molar-refractivity contribution in [2.75, 3.05) is 31.4 Å². The second-order valence-corrected chi connectivity index (χ2v) is 11.1. The van der Waals surface area contributed by atoms with E-state index in [1.165, 1.54) is 22.7 Å². The van der Waals surface area contributed by atoms with Crippen LogP contribution >= 0.6 is 23.1 Å². The van der Waals surface area contributed by atoms with Crippen LogP contribution in [-0.2, 0) is 33.5 Å². The van der Waals surface area contributed by atoms with Crippen LogP contribution in [0.4, 0.5) is 5.13 Å². The van der Waals surface area contributed by atoms with Crippen LogP contribution in [0.2, 0.25) is 0 Å². The van der Waals surface area contributed by atoms with E-state index in [1.54, 1.807) is 33.1 Å². The number of ether oxygens (including phenoxy) is 2. The summed E-state index contributed by atoms with van der Waals surface area (Å²) >= 11 is 2.45. The Labute approximate surface area is 216 Å². The molecule has 0 spiro atoms. The third-order valence-corrected chi connectivity index (χ3v) is 7.67. The SMILES string of the molecule is C=CC1(C(=O)OCOC(=O)C(C)(C)C)CS[C@@H]2C(NC(=O)C(=NOCC)c3csc(N)n3)C(=O)N2C1. The Hall–Kier alpha value is -3.13. The van der Waals surface area contributed by atoms with Crippen molar-refractivity contribution in [3.05, 3.63) is 23.7 Å². The number of fused-ring (bicyclic) bond motifs is 1. The maximum Gasteiger partial charge on any atom is 0.321 e. The molecule has 3 N–H and O–H groups in total. The highest BCUT2D eigenvalue weighted by atomic mass is 32.2. The van der Waals surface area contributed by atoms with Gasteiger partial charge in [-0.1, -0.05) is 11.2 Å². The van der Waals surface area contributed by atoms with Crippen molar-refractivity contribution in [3.63, 3.8) is 0 Å². The van der Waals surface area contributed by atoms with Crippen LogP contribution in [0.15, 0.2) is 23.2 Å². The molecule has 36 heavy (non-hydrogen) atoms. The largest absolute Gasteiger partial charge is 0.427 e. The number of amides is 2. The van der Waals surface area contributed by atoms with Crippen molar-refractivity contribution in [3.8, 4) is 0 Å². The predicted molar refractivity (Wildman–Crippen MR) is 134 cm³/mol. The van der Waals surface area contributed by atoms with Crippen molar-refractivity contribution >= 4 is 57.7 Å². The fraction of sp³-hybridized carbons (Fsp3) is 0.545. The first kappa shape index (κ1) is 27.5. The number of carbonyl (C=O) groups excluding carboxylic acids is 4. The van der Waals surface area contributed by atoms with Gasteiger partial charge in [0.2, 0.25) is 12.7 Å². The van der Waals surface area contributed by atoms with Gasteiger partial charge in [-0.25, -0.2) is 4.98 Å². The summed E-state index contributed by atoms with van der Waals surface area (Å²) in [5.74, 6) is -1.91. The van der Waals surface area contributed by atoms with E-state index in [4.69, 9.17) is 20.0 Å². The Morgan fingerprint density at radius 2 is 2.11 bits per heavy atom. The standard InChI is InChI=1S/C22H29N5O7S2/c1-6-22(19(31)33-11-32-18(30)21(3,4)5)9-27-16(29)14(17(27)36-10-22)25-15(28)13(26-34-7-2)12-8-35-20(23)24-12/h6,8,14,17H,1,7,9-11H2,2-5H3,(H2,23,24)(H,25,28)/t14?,17-,22?/m1/s1. The number of thiazole rings is 1. The molecule has 0 aliphatic carbocycles. The van der Waals surface area contributed by atoms with Gasteiger partial charge in [-0.3, -0.25) is 19.2 Å². The second-order valence-electron chi connectivity index (χ2n) is 9.14. The van der Waals surface area contributed by atoms with Gasteiger partial charge in [0, 0.05) is 17.7 Å². The molecule has 3 heterocycles. The molecule has 196 valence electrons. The highest BCUT2D eigenvalue weighted by Crippen LogP contribution is 2.43. The summed E-state index contributed by atoms with van der Waals surface area (Å²) in [6.07, 6.45) is 1.43. The third-order valence-electron chi connectivity index (χ3n) is 5.45. The number of hydrogen-bond donors (Lipinski definition) is 2. The summed E-state index contributed by atoms with van der Waals surface area (Å²) in [7, 11) is 0. The molecule has 2 amide bonds. The molecular weight excluding hydrogens is 510 g/mol. The second kappa shape index (κ2) is 10.9. The van der Waals surface area contributed by atoms with Gasteiger partial charge in [-0.2, -0.15) is 0 Å². The number of rotatable bonds is 9. The smallest absolute Gasteiger partial charge is 0.321 e. The number of carbonyl (C=O) groups is 4. The summed E-state index contributed by atoms with van der Waals surface area (Å²) in [6.45, 7) is 10.2. The zero-order valence-corrected chi connectivity index (χ0v) is 22.1. The Kier molecular flexibility index (Phi) is 8.29. The van der Waals surface area contributed by atoms with Gasteiger partial charge < -0.3 is 30.3 Å². The highest BCUT2D eigenvalue weighted by molar-refractivity contribution is 8.00. The van der Waals surface area contributed by atoms with E-state index in [1.807, 2.05) is 0 Å². The van der Waals surface area contributed by atoms with Crippen LogP contribution in [-0.4, -0.2) is 76.5 Å². The van der Waals surface area contributed by atoms with E-state index in [2.05, 4.69) is 22.0 Å². The maximum atomic E-state index is 12.9. The summed E-state index contributed by atoms with van der Waals surface area (Å²) in [4.78, 5) is 61.1. The number of esters is 2. The number of nitrogens with zero attached hydrogens (tertiary/aromatic N) is 3. The lowest BCUT2D eigenvalue weighted by molar-refractivity contribution is -0.178. The monoisotopic (exact) mass is 539 g/mol. The van der Waals surface area contributed by atoms with Crippen molar-refractivity contribution in [1.29, 1.82) is 0 Å². The first-order valence-corrected chi connectivity index (χ1v) is 13.0. The zero-order valence-electron chi connectivity index (χ0n) is 20.4. The van der Waals surface area contributed by atoms with Crippen molar-refractivity contribution in [1.82, 2.24) is 15.2 Å². The van der Waals surface area contributed by atoms with Gasteiger partial charge in [0.15, 0.2) is 10.8 Å². The molecule has 0 radical (unpaired) electrons. The molecule has 2 aliphatic heterocycles. The summed E-state index contributed by atoms with van der Waals surface area (Å²) < 4.78 is 10.2. The predicted octanol–water partition coefficient (Wildman–Crippen LogP) is 1.13. The molecule has 0 saturated carbocycles. The molecule has 1 aromatic heterocycles. The minimum absolute atomic E-state index is 0.0218. The number of nitrogens with one attached hydrogen (secondary N) is 1. The summed E-state index contributed by atoms with van der Waals surface area (Å²) in [5.41, 5.74) is 3.90. The number of oxime groups is 1. The van der Waals surface area contributed by atoms with Crippen LogP contribution in [0.1, 0.15) is 33.4 Å².